The average molecular weight is 189 g/mol. The lowest BCUT2D eigenvalue weighted by Crippen LogP contribution is -2.23. The molecule has 0 aromatic carbocycles. The molecule has 0 spiro atoms. The normalized spacial score (nSPS) is 10.5. The molecule has 4 nitrogen and oxygen atoms in total. The molecule has 2 aromatic rings. The van der Waals surface area contributed by atoms with Gasteiger partial charge in [-0.1, -0.05) is 0 Å². The monoisotopic (exact) mass is 189 g/mol. The highest BCUT2D eigenvalue weighted by Crippen LogP contribution is 2.17. The van der Waals surface area contributed by atoms with Gasteiger partial charge in [0.1, 0.15) is 18.2 Å². The minimum atomic E-state index is 0.989. The fraction of sp³-hybridized carbons (Fsp3) is 0.300. The van der Waals surface area contributed by atoms with Crippen molar-refractivity contribution in [3.8, 4) is 11.4 Å². The number of hydrogen-bond acceptors (Lipinski definition) is 2. The molecular formula is C10H13N4+. The van der Waals surface area contributed by atoms with E-state index in [0.717, 1.165) is 17.0 Å². The predicted octanol–water partition coefficient (Wildman–Crippen LogP) is 0.615. The van der Waals surface area contributed by atoms with Crippen molar-refractivity contribution in [1.82, 2.24) is 14.5 Å². The van der Waals surface area contributed by atoms with E-state index in [4.69, 9.17) is 0 Å². The second kappa shape index (κ2) is 3.21. The third-order valence-corrected chi connectivity index (χ3v) is 2.20. The van der Waals surface area contributed by atoms with Crippen LogP contribution in [-0.4, -0.2) is 14.5 Å². The van der Waals surface area contributed by atoms with E-state index in [1.807, 2.05) is 38.1 Å². The maximum atomic E-state index is 4.28. The quantitative estimate of drug-likeness (QED) is 0.616. The minimum Gasteiger partial charge on any atom is -0.244 e. The summed E-state index contributed by atoms with van der Waals surface area (Å²) in [7, 11) is 4.01. The predicted molar refractivity (Wildman–Crippen MR) is 52.4 cm³/mol. The molecule has 0 saturated heterocycles. The van der Waals surface area contributed by atoms with Crippen LogP contribution in [0.4, 0.5) is 0 Å². The summed E-state index contributed by atoms with van der Waals surface area (Å²) in [6.07, 6.45) is 7.47. The van der Waals surface area contributed by atoms with E-state index < -0.39 is 0 Å². The molecule has 0 atom stereocenters. The Morgan fingerprint density at radius 1 is 1.43 bits per heavy atom. The summed E-state index contributed by atoms with van der Waals surface area (Å²) in [4.78, 5) is 8.26. The summed E-state index contributed by atoms with van der Waals surface area (Å²) in [5, 5.41) is 0. The van der Waals surface area contributed by atoms with E-state index in [1.165, 1.54) is 0 Å². The van der Waals surface area contributed by atoms with E-state index in [9.17, 15) is 0 Å². The van der Waals surface area contributed by atoms with Crippen LogP contribution in [0.1, 0.15) is 5.56 Å². The van der Waals surface area contributed by atoms with Gasteiger partial charge in [-0.25, -0.2) is 19.1 Å². The Kier molecular flexibility index (Phi) is 2.04. The fourth-order valence-corrected chi connectivity index (χ4v) is 1.55. The average Bonchev–Trinajstić information content (AvgIpc) is 2.46. The van der Waals surface area contributed by atoms with Crippen molar-refractivity contribution in [1.29, 1.82) is 0 Å². The van der Waals surface area contributed by atoms with Crippen molar-refractivity contribution in [3.05, 3.63) is 30.6 Å². The van der Waals surface area contributed by atoms with Crippen molar-refractivity contribution in [2.24, 2.45) is 14.1 Å². The van der Waals surface area contributed by atoms with Crippen LogP contribution < -0.4 is 4.57 Å². The van der Waals surface area contributed by atoms with E-state index in [1.54, 1.807) is 6.33 Å². The van der Waals surface area contributed by atoms with Crippen LogP contribution in [0.25, 0.3) is 11.4 Å². The van der Waals surface area contributed by atoms with Gasteiger partial charge in [0.2, 0.25) is 6.33 Å². The number of aryl methyl sites for hydroxylation is 3. The molecule has 2 aromatic heterocycles. The third kappa shape index (κ3) is 1.39. The molecule has 4 heteroatoms. The van der Waals surface area contributed by atoms with Crippen LogP contribution in [-0.2, 0) is 14.1 Å². The summed E-state index contributed by atoms with van der Waals surface area (Å²) in [5.41, 5.74) is 3.19. The Morgan fingerprint density at radius 3 is 2.79 bits per heavy atom. The molecule has 0 fully saturated rings. The molecule has 72 valence electrons. The Labute approximate surface area is 82.9 Å². The van der Waals surface area contributed by atoms with Gasteiger partial charge in [0, 0.05) is 6.20 Å². The molecule has 0 aliphatic carbocycles. The van der Waals surface area contributed by atoms with Gasteiger partial charge in [0.15, 0.2) is 5.69 Å². The van der Waals surface area contributed by atoms with Crippen LogP contribution in [0.5, 0.6) is 0 Å². The van der Waals surface area contributed by atoms with E-state index >= 15 is 0 Å². The zero-order valence-electron chi connectivity index (χ0n) is 8.60. The molecule has 0 N–H and O–H groups in total. The van der Waals surface area contributed by atoms with Crippen molar-refractivity contribution >= 4 is 0 Å². The first-order chi connectivity index (χ1) is 6.68. The topological polar surface area (TPSA) is 34.6 Å². The van der Waals surface area contributed by atoms with E-state index in [-0.39, 0.29) is 0 Å². The minimum absolute atomic E-state index is 0.989. The third-order valence-electron chi connectivity index (χ3n) is 2.20. The Hall–Kier alpha value is -1.71. The Balaban J connectivity index is 2.60. The molecule has 0 unspecified atom stereocenters. The lowest BCUT2D eigenvalue weighted by Gasteiger charge is -1.98. The van der Waals surface area contributed by atoms with Crippen LogP contribution in [0.2, 0.25) is 0 Å². The van der Waals surface area contributed by atoms with Crippen LogP contribution in [0.15, 0.2) is 25.0 Å². The van der Waals surface area contributed by atoms with E-state index in [0.29, 0.717) is 0 Å². The van der Waals surface area contributed by atoms with Crippen molar-refractivity contribution in [2.75, 3.05) is 0 Å². The smallest absolute Gasteiger partial charge is 0.243 e. The zero-order valence-corrected chi connectivity index (χ0v) is 8.60. The number of aromatic nitrogens is 4. The van der Waals surface area contributed by atoms with Crippen LogP contribution in [0, 0.1) is 6.92 Å². The molecular weight excluding hydrogens is 176 g/mol. The molecule has 0 aliphatic heterocycles. The molecule has 2 heterocycles. The zero-order chi connectivity index (χ0) is 10.1. The first-order valence-corrected chi connectivity index (χ1v) is 4.47. The first kappa shape index (κ1) is 8.87. The maximum Gasteiger partial charge on any atom is 0.243 e. The number of imidazole rings is 1. The van der Waals surface area contributed by atoms with Gasteiger partial charge >= 0.3 is 0 Å². The number of hydrogen-bond donors (Lipinski definition) is 0. The Morgan fingerprint density at radius 2 is 2.21 bits per heavy atom. The van der Waals surface area contributed by atoms with Gasteiger partial charge in [-0.2, -0.15) is 0 Å². The molecule has 0 radical (unpaired) electrons. The molecule has 0 aliphatic rings. The van der Waals surface area contributed by atoms with Gasteiger partial charge < -0.3 is 0 Å². The molecule has 0 bridgehead atoms. The van der Waals surface area contributed by atoms with Gasteiger partial charge in [0.05, 0.1) is 14.1 Å². The van der Waals surface area contributed by atoms with Gasteiger partial charge in [0.25, 0.3) is 0 Å². The highest BCUT2D eigenvalue weighted by Gasteiger charge is 2.13. The fourth-order valence-electron chi connectivity index (χ4n) is 1.55. The first-order valence-electron chi connectivity index (χ1n) is 4.47. The molecule has 0 amide bonds. The summed E-state index contributed by atoms with van der Waals surface area (Å²) in [5.74, 6) is 0. The van der Waals surface area contributed by atoms with Gasteiger partial charge in [-0.3, -0.25) is 0 Å². The second-order valence-electron chi connectivity index (χ2n) is 3.46. The molecule has 2 rings (SSSR count). The number of nitrogens with zero attached hydrogens (tertiary/aromatic N) is 4. The van der Waals surface area contributed by atoms with Crippen LogP contribution >= 0.6 is 0 Å². The SMILES string of the molecule is Cc1cncnc1-c1c[n+](C)cn1C. The lowest BCUT2D eigenvalue weighted by molar-refractivity contribution is -0.670. The summed E-state index contributed by atoms with van der Waals surface area (Å²) < 4.78 is 4.06. The van der Waals surface area contributed by atoms with Crippen molar-refractivity contribution in [2.45, 2.75) is 6.92 Å². The second-order valence-corrected chi connectivity index (χ2v) is 3.46. The van der Waals surface area contributed by atoms with E-state index in [2.05, 4.69) is 20.7 Å². The standard InChI is InChI=1S/C10H13N4/c1-8-4-11-6-12-10(8)9-5-13(2)7-14(9)3/h4-7H,1-3H3/q+1. The molecule has 0 saturated carbocycles. The van der Waals surface area contributed by atoms with Crippen LogP contribution in [0.3, 0.4) is 0 Å². The molecule has 14 heavy (non-hydrogen) atoms. The summed E-state index contributed by atoms with van der Waals surface area (Å²) in [6, 6.07) is 0. The van der Waals surface area contributed by atoms with Gasteiger partial charge in [-0.05, 0) is 12.5 Å². The highest BCUT2D eigenvalue weighted by molar-refractivity contribution is 5.56. The summed E-state index contributed by atoms with van der Waals surface area (Å²) in [6.45, 7) is 2.02. The number of rotatable bonds is 1. The van der Waals surface area contributed by atoms with Crippen molar-refractivity contribution in [3.63, 3.8) is 0 Å². The van der Waals surface area contributed by atoms with Gasteiger partial charge in [-0.15, -0.1) is 0 Å². The maximum absolute atomic E-state index is 4.28. The highest BCUT2D eigenvalue weighted by atomic mass is 15.1. The summed E-state index contributed by atoms with van der Waals surface area (Å²) >= 11 is 0. The van der Waals surface area contributed by atoms with Crippen molar-refractivity contribution < 1.29 is 4.57 Å². The lowest BCUT2D eigenvalue weighted by atomic mass is 10.2. The Bertz CT molecular complexity index is 459. The largest absolute Gasteiger partial charge is 0.244 e.